The number of aliphatic hydroxyl groups is 14. The van der Waals surface area contributed by atoms with Crippen molar-refractivity contribution in [1.82, 2.24) is 0 Å². The lowest BCUT2D eigenvalue weighted by molar-refractivity contribution is -0.390. The highest BCUT2D eigenvalue weighted by Gasteiger charge is 2.58. The standard InChI is InChI=1S/C42H70O28/c1-8-29-15(43)22(50)36(57-8)65-30-9(2)59-38(24(52)17(30)45)67-32-11(4)61-40(26(54)19(32)47)69-34-13(6)63-42(28(56)21(34)49)70-35-14(7)62-41(27(55)20(35)48)68-33-12(5)60-39(25(53)18(33)46)66-31-10(3)58-37(64-29)23(51)16(31)44/h8-56H,1-7H3/t8-,9-,10-,11-,12-,13-,14-,15-,16-,17-,18-,19-,20+,21+,22-,23-,24-,25-,26-,27+,28+,29-,30-,31-,32-,33-,34-,35-,36+,37+,38+,39+,40-,41+,42+/m1/s1. The van der Waals surface area contributed by atoms with Crippen molar-refractivity contribution in [3.05, 3.63) is 0 Å². The first-order chi connectivity index (χ1) is 32.9. The van der Waals surface area contributed by atoms with E-state index >= 15 is 0 Å². The maximum Gasteiger partial charge on any atom is 0.187 e. The van der Waals surface area contributed by atoms with Gasteiger partial charge in [-0.05, 0) is 48.5 Å². The number of hydrogen-bond acceptors (Lipinski definition) is 28. The van der Waals surface area contributed by atoms with E-state index in [1.807, 2.05) is 0 Å². The van der Waals surface area contributed by atoms with Crippen LogP contribution in [0, 0.1) is 0 Å². The molecule has 21 fully saturated rings. The zero-order valence-corrected chi connectivity index (χ0v) is 39.2. The Morgan fingerprint density at radius 2 is 0.257 bits per heavy atom. The third-order valence-electron chi connectivity index (χ3n) is 14.5. The molecule has 28 heteroatoms. The van der Waals surface area contributed by atoms with Crippen LogP contribution in [0.4, 0.5) is 0 Å². The summed E-state index contributed by atoms with van der Waals surface area (Å²) >= 11 is 0. The maximum atomic E-state index is 11.3. The van der Waals surface area contributed by atoms with E-state index in [2.05, 4.69) is 0 Å². The molecule has 0 amide bonds. The smallest absolute Gasteiger partial charge is 0.187 e. The summed E-state index contributed by atoms with van der Waals surface area (Å²) in [6.07, 6.45) is -55.6. The van der Waals surface area contributed by atoms with Crippen LogP contribution in [0.5, 0.6) is 0 Å². The first-order valence-electron chi connectivity index (χ1n) is 23.6. The Morgan fingerprint density at radius 3 is 0.357 bits per heavy atom. The van der Waals surface area contributed by atoms with Crippen LogP contribution in [-0.4, -0.2) is 286 Å². The van der Waals surface area contributed by atoms with Gasteiger partial charge >= 0.3 is 0 Å². The second-order valence-corrected chi connectivity index (χ2v) is 19.5. The van der Waals surface area contributed by atoms with Gasteiger partial charge < -0.3 is 138 Å². The number of ether oxygens (including phenoxy) is 14. The van der Waals surface area contributed by atoms with Gasteiger partial charge in [-0.1, -0.05) is 0 Å². The SMILES string of the molecule is C[C@H]1O[C@H]2O[C@H]3[C@H](O)[C@@H](O)[C@H](O[C@H]4[C@H](O)[C@@H](O)[C@H](O[C@H]5[C@H](O)[C@@H](O)[C@H](O[C@H]6[C@H](O)[C@@H](O)[C@@H](O[C@H]7[C@@H](O)[C@H](O)[C@H](O[C@H]8[C@@H](O)[C@H](O)[C@H](O[C@H]1[C@H](O)[C@H]2O)O[C@@H]8C)O[C@@H]7C)O[C@@H]6C)O[C@@H]5C)O[C@@H]4C)O[C@@H]3C. The van der Waals surface area contributed by atoms with Crippen LogP contribution in [-0.2, 0) is 66.3 Å². The minimum atomic E-state index is -1.89. The molecule has 0 unspecified atom stereocenters. The molecule has 406 valence electrons. The van der Waals surface area contributed by atoms with Crippen molar-refractivity contribution in [1.29, 1.82) is 0 Å². The Labute approximate surface area is 400 Å². The topological polar surface area (TPSA) is 412 Å². The molecule has 21 rings (SSSR count). The van der Waals surface area contributed by atoms with Crippen molar-refractivity contribution in [2.75, 3.05) is 0 Å². The average molecular weight is 1020 g/mol. The van der Waals surface area contributed by atoms with Crippen LogP contribution in [0.1, 0.15) is 48.5 Å². The van der Waals surface area contributed by atoms with E-state index in [0.717, 1.165) is 0 Å². The summed E-state index contributed by atoms with van der Waals surface area (Å²) in [5.74, 6) is 0. The monoisotopic (exact) mass is 1020 g/mol. The number of aliphatic hydroxyl groups excluding tert-OH is 14. The predicted octanol–water partition coefficient (Wildman–Crippen LogP) is -8.04. The van der Waals surface area contributed by atoms with Crippen LogP contribution in [0.3, 0.4) is 0 Å². The Morgan fingerprint density at radius 1 is 0.157 bits per heavy atom. The van der Waals surface area contributed by atoms with Gasteiger partial charge in [0.05, 0.1) is 42.7 Å². The van der Waals surface area contributed by atoms with Crippen molar-refractivity contribution >= 4 is 0 Å². The van der Waals surface area contributed by atoms with Gasteiger partial charge in [0.1, 0.15) is 128 Å². The summed E-state index contributed by atoms with van der Waals surface area (Å²) in [4.78, 5) is 0. The summed E-state index contributed by atoms with van der Waals surface area (Å²) in [7, 11) is 0. The zero-order chi connectivity index (χ0) is 51.1. The molecule has 28 nitrogen and oxygen atoms in total. The third-order valence-corrected chi connectivity index (χ3v) is 14.5. The molecule has 21 aliphatic heterocycles. The Hall–Kier alpha value is -1.12. The number of hydrogen-bond donors (Lipinski definition) is 14. The number of rotatable bonds is 0. The highest BCUT2D eigenvalue weighted by atomic mass is 16.8. The van der Waals surface area contributed by atoms with Gasteiger partial charge in [0.2, 0.25) is 0 Å². The Bertz CT molecular complexity index is 1370. The molecule has 21 saturated heterocycles. The van der Waals surface area contributed by atoms with Crippen molar-refractivity contribution in [3.63, 3.8) is 0 Å². The predicted molar refractivity (Wildman–Crippen MR) is 219 cm³/mol. The molecule has 0 radical (unpaired) electrons. The normalized spacial score (nSPS) is 59.7. The molecule has 14 N–H and O–H groups in total. The fourth-order valence-corrected chi connectivity index (χ4v) is 10.2. The minimum absolute atomic E-state index is 1.14. The largest absolute Gasteiger partial charge is 0.387 e. The molecular formula is C42H70O28. The van der Waals surface area contributed by atoms with Crippen molar-refractivity contribution in [3.8, 4) is 0 Å². The van der Waals surface area contributed by atoms with Gasteiger partial charge in [0, 0.05) is 0 Å². The van der Waals surface area contributed by atoms with E-state index in [9.17, 15) is 71.5 Å². The van der Waals surface area contributed by atoms with Crippen LogP contribution in [0.2, 0.25) is 0 Å². The molecule has 0 aromatic rings. The lowest BCUT2D eigenvalue weighted by Gasteiger charge is -2.49. The molecule has 14 bridgehead atoms. The van der Waals surface area contributed by atoms with Crippen LogP contribution >= 0.6 is 0 Å². The van der Waals surface area contributed by atoms with E-state index in [0.29, 0.717) is 0 Å². The van der Waals surface area contributed by atoms with E-state index in [4.69, 9.17) is 66.3 Å². The zero-order valence-electron chi connectivity index (χ0n) is 39.2. The molecule has 21 aliphatic rings. The van der Waals surface area contributed by atoms with Gasteiger partial charge in [0.25, 0.3) is 0 Å². The Kier molecular flexibility index (Phi) is 17.2. The molecular weight excluding hydrogens is 952 g/mol. The third kappa shape index (κ3) is 10.4. The first-order valence-corrected chi connectivity index (χ1v) is 23.6. The van der Waals surface area contributed by atoms with Crippen molar-refractivity contribution in [2.24, 2.45) is 0 Å². The minimum Gasteiger partial charge on any atom is -0.387 e. The molecule has 0 aliphatic carbocycles. The lowest BCUT2D eigenvalue weighted by Crippen LogP contribution is -2.66. The summed E-state index contributed by atoms with van der Waals surface area (Å²) in [6.45, 7) is 9.99. The van der Waals surface area contributed by atoms with Crippen LogP contribution in [0.15, 0.2) is 0 Å². The van der Waals surface area contributed by atoms with Gasteiger partial charge in [-0.15, -0.1) is 0 Å². The molecule has 0 spiro atoms. The van der Waals surface area contributed by atoms with E-state index in [1.54, 1.807) is 0 Å². The summed E-state index contributed by atoms with van der Waals surface area (Å²) < 4.78 is 82.0. The van der Waals surface area contributed by atoms with E-state index in [1.165, 1.54) is 48.5 Å². The molecule has 0 saturated carbocycles. The van der Waals surface area contributed by atoms with Gasteiger partial charge in [-0.3, -0.25) is 0 Å². The summed E-state index contributed by atoms with van der Waals surface area (Å²) in [5.41, 5.74) is 0. The summed E-state index contributed by atoms with van der Waals surface area (Å²) in [6, 6.07) is 0. The molecule has 70 heavy (non-hydrogen) atoms. The van der Waals surface area contributed by atoms with Gasteiger partial charge in [-0.25, -0.2) is 0 Å². The lowest BCUT2D eigenvalue weighted by atomic mass is 9.96. The van der Waals surface area contributed by atoms with Crippen molar-refractivity contribution < 1.29 is 138 Å². The van der Waals surface area contributed by atoms with Crippen LogP contribution in [0.25, 0.3) is 0 Å². The quantitative estimate of drug-likeness (QED) is 0.107. The first kappa shape index (κ1) is 55.1. The molecule has 35 atom stereocenters. The second kappa shape index (κ2) is 21.9. The van der Waals surface area contributed by atoms with Crippen LogP contribution < -0.4 is 0 Å². The maximum absolute atomic E-state index is 11.3. The van der Waals surface area contributed by atoms with Gasteiger partial charge in [-0.2, -0.15) is 0 Å². The highest BCUT2D eigenvalue weighted by Crippen LogP contribution is 2.38. The van der Waals surface area contributed by atoms with E-state index in [-0.39, 0.29) is 0 Å². The van der Waals surface area contributed by atoms with Crippen molar-refractivity contribution in [2.45, 2.75) is 263 Å². The average Bonchev–Trinajstić information content (AvgIpc) is 3.31. The van der Waals surface area contributed by atoms with Gasteiger partial charge in [0.15, 0.2) is 44.0 Å². The second-order valence-electron chi connectivity index (χ2n) is 19.5. The summed E-state index contributed by atoms with van der Waals surface area (Å²) in [5, 5.41) is 157. The Balaban J connectivity index is 1.02. The fourth-order valence-electron chi connectivity index (χ4n) is 10.2. The highest BCUT2D eigenvalue weighted by molar-refractivity contribution is 5.00. The molecule has 21 heterocycles. The fraction of sp³-hybridized carbons (Fsp3) is 1.00. The molecule has 0 aromatic carbocycles. The molecule has 0 aromatic heterocycles. The van der Waals surface area contributed by atoms with E-state index < -0.39 is 215 Å².